The maximum absolute atomic E-state index is 13.8. The Morgan fingerprint density at radius 2 is 1.77 bits per heavy atom. The van der Waals surface area contributed by atoms with Crippen LogP contribution in [0.1, 0.15) is 53.4 Å². The first-order chi connectivity index (χ1) is 18.7. The molecule has 2 aliphatic heterocycles. The van der Waals surface area contributed by atoms with Gasteiger partial charge in [0.1, 0.15) is 5.75 Å². The highest BCUT2D eigenvalue weighted by Crippen LogP contribution is 2.36. The second kappa shape index (κ2) is 11.5. The Balaban J connectivity index is 1.22. The summed E-state index contributed by atoms with van der Waals surface area (Å²) in [5, 5.41) is 8.05. The van der Waals surface area contributed by atoms with E-state index in [4.69, 9.17) is 9.15 Å². The summed E-state index contributed by atoms with van der Waals surface area (Å²) in [4.78, 5) is 20.0. The quantitative estimate of drug-likeness (QED) is 0.455. The number of hydrogen-bond donors (Lipinski definition) is 0. The molecule has 0 N–H and O–H groups in total. The van der Waals surface area contributed by atoms with Crippen LogP contribution in [-0.4, -0.2) is 110 Å². The summed E-state index contributed by atoms with van der Waals surface area (Å²) in [5.41, 5.74) is 1.24. The number of rotatable bonds is 9. The van der Waals surface area contributed by atoms with Crippen molar-refractivity contribution >= 4 is 15.9 Å². The van der Waals surface area contributed by atoms with E-state index in [1.807, 2.05) is 0 Å². The monoisotopic (exact) mass is 560 g/mol. The molecule has 3 fully saturated rings. The van der Waals surface area contributed by atoms with Crippen LogP contribution in [0.4, 0.5) is 0 Å². The molecule has 5 rings (SSSR count). The van der Waals surface area contributed by atoms with Crippen LogP contribution in [0.15, 0.2) is 21.4 Å². The molecular weight excluding hydrogens is 520 g/mol. The Kier molecular flexibility index (Phi) is 8.27. The molecule has 1 unspecified atom stereocenters. The van der Waals surface area contributed by atoms with Gasteiger partial charge in [0.25, 0.3) is 0 Å². The lowest BCUT2D eigenvalue weighted by Gasteiger charge is -2.38. The van der Waals surface area contributed by atoms with Gasteiger partial charge in [0.15, 0.2) is 0 Å². The van der Waals surface area contributed by atoms with E-state index in [-0.39, 0.29) is 35.2 Å². The first kappa shape index (κ1) is 28.0. The first-order valence-electron chi connectivity index (χ1n) is 13.9. The van der Waals surface area contributed by atoms with E-state index in [1.165, 1.54) is 23.7 Å². The Hall–Kier alpha value is -2.54. The van der Waals surface area contributed by atoms with Crippen molar-refractivity contribution in [3.8, 4) is 5.75 Å². The number of hydrogen-bond acceptors (Lipinski definition) is 9. The lowest BCUT2D eigenvalue weighted by molar-refractivity contribution is 0.0550. The number of carbonyl (C=O) groups excluding carboxylic acids is 1. The normalized spacial score (nSPS) is 21.5. The van der Waals surface area contributed by atoms with Crippen LogP contribution in [0.25, 0.3) is 0 Å². The van der Waals surface area contributed by atoms with Crippen molar-refractivity contribution < 1.29 is 22.4 Å². The summed E-state index contributed by atoms with van der Waals surface area (Å²) in [5.74, 6) is 1.04. The second-order valence-electron chi connectivity index (χ2n) is 11.2. The predicted molar refractivity (Wildman–Crippen MR) is 145 cm³/mol. The summed E-state index contributed by atoms with van der Waals surface area (Å²) in [6.45, 7) is 9.70. The highest BCUT2D eigenvalue weighted by Gasteiger charge is 2.41. The predicted octanol–water partition coefficient (Wildman–Crippen LogP) is 2.15. The number of piperazine rings is 1. The van der Waals surface area contributed by atoms with Crippen LogP contribution < -0.4 is 4.74 Å². The van der Waals surface area contributed by atoms with Gasteiger partial charge in [0, 0.05) is 45.3 Å². The maximum Gasteiger partial charge on any atom is 0.311 e. The lowest BCUT2D eigenvalue weighted by Crippen LogP contribution is -2.51. The van der Waals surface area contributed by atoms with Gasteiger partial charge in [-0.05, 0) is 82.3 Å². The van der Waals surface area contributed by atoms with Crippen molar-refractivity contribution in [2.24, 2.45) is 5.92 Å². The molecule has 39 heavy (non-hydrogen) atoms. The van der Waals surface area contributed by atoms with Gasteiger partial charge in [-0.3, -0.25) is 9.69 Å². The van der Waals surface area contributed by atoms with E-state index in [0.29, 0.717) is 35.9 Å². The van der Waals surface area contributed by atoms with E-state index in [1.54, 1.807) is 38.0 Å². The largest absolute Gasteiger partial charge is 0.497 e. The van der Waals surface area contributed by atoms with Crippen molar-refractivity contribution in [1.29, 1.82) is 0 Å². The van der Waals surface area contributed by atoms with E-state index in [2.05, 4.69) is 27.0 Å². The molecule has 0 bridgehead atoms. The number of aryl methyl sites for hydroxylation is 2. The van der Waals surface area contributed by atoms with Gasteiger partial charge in [-0.2, -0.15) is 4.31 Å². The van der Waals surface area contributed by atoms with E-state index < -0.39 is 10.0 Å². The third kappa shape index (κ3) is 6.29. The lowest BCUT2D eigenvalue weighted by atomic mass is 9.97. The second-order valence-corrected chi connectivity index (χ2v) is 13.1. The van der Waals surface area contributed by atoms with Crippen molar-refractivity contribution in [3.05, 3.63) is 35.0 Å². The molecule has 2 saturated heterocycles. The van der Waals surface area contributed by atoms with Gasteiger partial charge < -0.3 is 19.0 Å². The number of aromatic nitrogens is 2. The summed E-state index contributed by atoms with van der Waals surface area (Å²) in [7, 11) is -0.0881. The minimum atomic E-state index is -3.83. The molecular formula is C27H40N6O5S. The third-order valence-corrected chi connectivity index (χ3v) is 10.2. The molecule has 11 nitrogen and oxygen atoms in total. The average molecular weight is 561 g/mol. The molecule has 1 aliphatic carbocycles. The van der Waals surface area contributed by atoms with Gasteiger partial charge in [-0.1, -0.05) is 0 Å². The smallest absolute Gasteiger partial charge is 0.311 e. The maximum atomic E-state index is 13.8. The Morgan fingerprint density at radius 1 is 1.08 bits per heavy atom. The average Bonchev–Trinajstić information content (AvgIpc) is 3.63. The number of likely N-dealkylation sites (tertiary alicyclic amines) is 1. The fraction of sp³-hybridized carbons (Fsp3) is 0.667. The number of piperidine rings is 1. The number of amides is 1. The molecule has 1 amide bonds. The van der Waals surface area contributed by atoms with Crippen LogP contribution in [0.2, 0.25) is 0 Å². The van der Waals surface area contributed by atoms with Crippen LogP contribution in [-0.2, 0) is 16.6 Å². The number of methoxy groups -OCH3 is 1. The molecule has 0 radical (unpaired) electrons. The van der Waals surface area contributed by atoms with Crippen molar-refractivity contribution in [2.75, 3.05) is 60.0 Å². The zero-order chi connectivity index (χ0) is 27.7. The van der Waals surface area contributed by atoms with Gasteiger partial charge in [0.2, 0.25) is 15.9 Å². The van der Waals surface area contributed by atoms with Crippen molar-refractivity contribution in [3.63, 3.8) is 0 Å². The van der Waals surface area contributed by atoms with Gasteiger partial charge >= 0.3 is 11.8 Å². The molecule has 1 atom stereocenters. The third-order valence-electron chi connectivity index (χ3n) is 8.03. The molecule has 3 heterocycles. The Morgan fingerprint density at radius 3 is 2.38 bits per heavy atom. The zero-order valence-corrected chi connectivity index (χ0v) is 24.2. The van der Waals surface area contributed by atoms with Crippen molar-refractivity contribution in [2.45, 2.75) is 57.0 Å². The number of benzene rings is 1. The minimum Gasteiger partial charge on any atom is -0.497 e. The van der Waals surface area contributed by atoms with Crippen molar-refractivity contribution in [1.82, 2.24) is 29.2 Å². The summed E-state index contributed by atoms with van der Waals surface area (Å²) < 4.78 is 40.0. The number of sulfonamides is 1. The summed E-state index contributed by atoms with van der Waals surface area (Å²) in [6.07, 6.45) is 4.06. The standard InChI is InChI=1S/C27H40N6O5S/c1-19-14-23(37-4)15-20(2)25(19)39(35,36)33(22-7-8-22)18-24-28-29-26(38-24)27(34)32-12-10-31(11-13-32)17-21-6-5-9-30(3)16-21/h14-15,21-22H,5-13,16-18H2,1-4H3. The number of ether oxygens (including phenoxy) is 1. The summed E-state index contributed by atoms with van der Waals surface area (Å²) >= 11 is 0. The van der Waals surface area contributed by atoms with E-state index >= 15 is 0 Å². The molecule has 1 aromatic carbocycles. The summed E-state index contributed by atoms with van der Waals surface area (Å²) in [6, 6.07) is 3.32. The van der Waals surface area contributed by atoms with Crippen LogP contribution in [0.5, 0.6) is 5.75 Å². The zero-order valence-electron chi connectivity index (χ0n) is 23.4. The number of nitrogens with zero attached hydrogens (tertiary/aromatic N) is 6. The molecule has 1 saturated carbocycles. The first-order valence-corrected chi connectivity index (χ1v) is 15.3. The Bertz CT molecular complexity index is 1260. The SMILES string of the molecule is COc1cc(C)c(S(=O)(=O)N(Cc2nnc(C(=O)N3CCN(CC4CCCN(C)C4)CC3)o2)C2CC2)c(C)c1. The van der Waals surface area contributed by atoms with Gasteiger partial charge in [0.05, 0.1) is 18.6 Å². The fourth-order valence-corrected chi connectivity index (χ4v) is 7.97. The molecule has 0 spiro atoms. The number of carbonyl (C=O) groups is 1. The van der Waals surface area contributed by atoms with Gasteiger partial charge in [-0.25, -0.2) is 8.42 Å². The molecule has 3 aliphatic rings. The van der Waals surface area contributed by atoms with E-state index in [0.717, 1.165) is 39.0 Å². The minimum absolute atomic E-state index is 0.0677. The van der Waals surface area contributed by atoms with E-state index in [9.17, 15) is 13.2 Å². The molecule has 12 heteroatoms. The molecule has 2 aromatic rings. The highest BCUT2D eigenvalue weighted by molar-refractivity contribution is 7.89. The van der Waals surface area contributed by atoms with Crippen LogP contribution in [0, 0.1) is 19.8 Å². The highest BCUT2D eigenvalue weighted by atomic mass is 32.2. The van der Waals surface area contributed by atoms with Crippen LogP contribution in [0.3, 0.4) is 0 Å². The molecule has 214 valence electrons. The Labute approximate surface area is 231 Å². The topological polar surface area (TPSA) is 112 Å². The fourth-order valence-electron chi connectivity index (χ4n) is 5.92. The van der Waals surface area contributed by atoms with Crippen LogP contribution >= 0.6 is 0 Å². The van der Waals surface area contributed by atoms with Gasteiger partial charge in [-0.15, -0.1) is 10.2 Å². The molecule has 1 aromatic heterocycles.